The van der Waals surface area contributed by atoms with Crippen molar-refractivity contribution in [2.75, 3.05) is 7.05 Å². The second-order valence-electron chi connectivity index (χ2n) is 7.15. The Bertz CT molecular complexity index is 1030. The number of thiazole rings is 1. The van der Waals surface area contributed by atoms with Crippen molar-refractivity contribution in [1.82, 2.24) is 9.88 Å². The minimum absolute atomic E-state index is 0.0176. The van der Waals surface area contributed by atoms with Crippen molar-refractivity contribution in [2.45, 2.75) is 31.5 Å². The van der Waals surface area contributed by atoms with E-state index in [1.807, 2.05) is 19.2 Å². The van der Waals surface area contributed by atoms with E-state index in [9.17, 15) is 18.0 Å². The highest BCUT2D eigenvalue weighted by atomic mass is 32.1. The zero-order chi connectivity index (χ0) is 20.6. The van der Waals surface area contributed by atoms with Crippen molar-refractivity contribution < 1.29 is 18.0 Å². The van der Waals surface area contributed by atoms with Gasteiger partial charge in [-0.3, -0.25) is 4.79 Å². The highest BCUT2D eigenvalue weighted by Gasteiger charge is 2.30. The van der Waals surface area contributed by atoms with Gasteiger partial charge in [0.25, 0.3) is 0 Å². The number of benzene rings is 2. The summed E-state index contributed by atoms with van der Waals surface area (Å²) in [5.41, 5.74) is 3.04. The Morgan fingerprint density at radius 3 is 2.62 bits per heavy atom. The van der Waals surface area contributed by atoms with Crippen molar-refractivity contribution in [3.63, 3.8) is 0 Å². The van der Waals surface area contributed by atoms with Gasteiger partial charge in [0.05, 0.1) is 23.7 Å². The molecule has 0 saturated heterocycles. The van der Waals surface area contributed by atoms with Crippen molar-refractivity contribution in [2.24, 2.45) is 0 Å². The molecule has 1 aliphatic carbocycles. The number of alkyl halides is 3. The fourth-order valence-corrected chi connectivity index (χ4v) is 4.54. The van der Waals surface area contributed by atoms with Crippen LogP contribution >= 0.6 is 11.3 Å². The van der Waals surface area contributed by atoms with Crippen LogP contribution in [0.4, 0.5) is 13.2 Å². The minimum Gasteiger partial charge on any atom is -0.338 e. The molecule has 4 rings (SSSR count). The number of amides is 1. The van der Waals surface area contributed by atoms with Crippen LogP contribution in [0.3, 0.4) is 0 Å². The molecule has 7 heteroatoms. The highest BCUT2D eigenvalue weighted by molar-refractivity contribution is 7.13. The van der Waals surface area contributed by atoms with Crippen LogP contribution in [0.15, 0.2) is 53.9 Å². The maximum atomic E-state index is 12.8. The summed E-state index contributed by atoms with van der Waals surface area (Å²) in [6, 6.07) is 13.2. The Hall–Kier alpha value is -2.67. The van der Waals surface area contributed by atoms with Gasteiger partial charge in [-0.05, 0) is 36.1 Å². The Kier molecular flexibility index (Phi) is 5.17. The lowest BCUT2D eigenvalue weighted by atomic mass is 10.1. The summed E-state index contributed by atoms with van der Waals surface area (Å²) in [7, 11) is 1.82. The Labute approximate surface area is 170 Å². The molecule has 1 heterocycles. The number of hydrogen-bond acceptors (Lipinski definition) is 3. The maximum absolute atomic E-state index is 12.8. The zero-order valence-corrected chi connectivity index (χ0v) is 16.6. The first-order valence-electron chi connectivity index (χ1n) is 9.28. The van der Waals surface area contributed by atoms with Crippen molar-refractivity contribution in [1.29, 1.82) is 0 Å². The molecular weight excluding hydrogens is 397 g/mol. The lowest BCUT2D eigenvalue weighted by Crippen LogP contribution is -2.31. The van der Waals surface area contributed by atoms with Crippen LogP contribution in [0.2, 0.25) is 0 Å². The van der Waals surface area contributed by atoms with Crippen LogP contribution in [0.5, 0.6) is 0 Å². The summed E-state index contributed by atoms with van der Waals surface area (Å²) in [6.07, 6.45) is -2.31. The average molecular weight is 416 g/mol. The van der Waals surface area contributed by atoms with Crippen molar-refractivity contribution >= 4 is 17.2 Å². The molecule has 3 nitrogen and oxygen atoms in total. The molecule has 1 atom stereocenters. The predicted octanol–water partition coefficient (Wildman–Crippen LogP) is 5.52. The molecule has 150 valence electrons. The largest absolute Gasteiger partial charge is 0.416 e. The number of carbonyl (C=O) groups excluding carboxylic acids is 1. The molecule has 1 aliphatic rings. The second kappa shape index (κ2) is 7.63. The van der Waals surface area contributed by atoms with Crippen LogP contribution in [0.25, 0.3) is 10.6 Å². The lowest BCUT2D eigenvalue weighted by molar-refractivity contribution is -0.137. The van der Waals surface area contributed by atoms with E-state index in [0.717, 1.165) is 25.0 Å². The molecule has 0 radical (unpaired) electrons. The molecule has 0 spiro atoms. The third-order valence-corrected chi connectivity index (χ3v) is 6.25. The summed E-state index contributed by atoms with van der Waals surface area (Å²) >= 11 is 1.33. The van der Waals surface area contributed by atoms with Gasteiger partial charge in [0.15, 0.2) is 0 Å². The molecule has 0 aliphatic heterocycles. The van der Waals surface area contributed by atoms with Crippen LogP contribution < -0.4 is 0 Å². The quantitative estimate of drug-likeness (QED) is 0.561. The van der Waals surface area contributed by atoms with E-state index in [2.05, 4.69) is 17.1 Å². The minimum atomic E-state index is -4.36. The van der Waals surface area contributed by atoms with E-state index in [0.29, 0.717) is 16.3 Å². The van der Waals surface area contributed by atoms with E-state index in [1.54, 1.807) is 10.3 Å². The van der Waals surface area contributed by atoms with Gasteiger partial charge in [-0.15, -0.1) is 11.3 Å². The number of carbonyl (C=O) groups is 1. The van der Waals surface area contributed by atoms with Gasteiger partial charge in [0, 0.05) is 18.0 Å². The van der Waals surface area contributed by atoms with Gasteiger partial charge in [-0.2, -0.15) is 13.2 Å². The molecule has 29 heavy (non-hydrogen) atoms. The monoisotopic (exact) mass is 416 g/mol. The average Bonchev–Trinajstić information content (AvgIpc) is 3.34. The lowest BCUT2D eigenvalue weighted by Gasteiger charge is -2.25. The zero-order valence-electron chi connectivity index (χ0n) is 15.7. The molecule has 0 N–H and O–H groups in total. The summed E-state index contributed by atoms with van der Waals surface area (Å²) in [5.74, 6) is -0.0176. The van der Waals surface area contributed by atoms with Crippen LogP contribution in [0.1, 0.15) is 34.8 Å². The van der Waals surface area contributed by atoms with Crippen LogP contribution in [0, 0.1) is 0 Å². The van der Waals surface area contributed by atoms with Gasteiger partial charge < -0.3 is 4.90 Å². The highest BCUT2D eigenvalue weighted by Crippen LogP contribution is 2.35. The number of aromatic nitrogens is 1. The first-order chi connectivity index (χ1) is 13.8. The first-order valence-corrected chi connectivity index (χ1v) is 10.2. The van der Waals surface area contributed by atoms with Gasteiger partial charge in [0.2, 0.25) is 5.91 Å². The molecule has 3 aromatic rings. The van der Waals surface area contributed by atoms with Gasteiger partial charge in [-0.1, -0.05) is 36.4 Å². The summed E-state index contributed by atoms with van der Waals surface area (Å²) in [6.45, 7) is 0. The molecule has 0 bridgehead atoms. The number of hydrogen-bond donors (Lipinski definition) is 0. The Morgan fingerprint density at radius 1 is 1.17 bits per heavy atom. The molecule has 1 aromatic heterocycles. The third-order valence-electron chi connectivity index (χ3n) is 5.31. The SMILES string of the molecule is CN(C(=O)Cc1csc(-c2ccc(C(F)(F)F)cc2)n1)C1CCc2ccccc21. The molecule has 1 amide bonds. The van der Waals surface area contributed by atoms with E-state index in [4.69, 9.17) is 0 Å². The van der Waals surface area contributed by atoms with E-state index >= 15 is 0 Å². The summed E-state index contributed by atoms with van der Waals surface area (Å²) < 4.78 is 38.1. The molecular formula is C22H19F3N2OS. The van der Waals surface area contributed by atoms with Gasteiger partial charge >= 0.3 is 6.18 Å². The third kappa shape index (κ3) is 4.05. The second-order valence-corrected chi connectivity index (χ2v) is 8.01. The number of fused-ring (bicyclic) bond motifs is 1. The van der Waals surface area contributed by atoms with Gasteiger partial charge in [0.1, 0.15) is 5.01 Å². The molecule has 0 fully saturated rings. The van der Waals surface area contributed by atoms with E-state index in [-0.39, 0.29) is 18.4 Å². The Balaban J connectivity index is 1.44. The van der Waals surface area contributed by atoms with Gasteiger partial charge in [-0.25, -0.2) is 4.98 Å². The normalized spacial score (nSPS) is 15.9. The standard InChI is InChI=1S/C22H19F3N2OS/c1-27(19-11-8-14-4-2-3-5-18(14)19)20(28)12-17-13-29-21(26-17)15-6-9-16(10-7-15)22(23,24)25/h2-7,9-10,13,19H,8,11-12H2,1H3. The smallest absolute Gasteiger partial charge is 0.338 e. The number of nitrogens with zero attached hydrogens (tertiary/aromatic N) is 2. The molecule has 1 unspecified atom stereocenters. The number of aryl methyl sites for hydroxylation is 1. The van der Waals surface area contributed by atoms with Crippen LogP contribution in [-0.4, -0.2) is 22.8 Å². The first kappa shape index (κ1) is 19.6. The van der Waals surface area contributed by atoms with E-state index < -0.39 is 11.7 Å². The molecule has 2 aromatic carbocycles. The summed E-state index contributed by atoms with van der Waals surface area (Å²) in [5, 5.41) is 2.40. The summed E-state index contributed by atoms with van der Waals surface area (Å²) in [4.78, 5) is 19.0. The predicted molar refractivity (Wildman–Crippen MR) is 107 cm³/mol. The number of rotatable bonds is 4. The number of likely N-dealkylation sites (N-methyl/N-ethyl adjacent to an activating group) is 1. The maximum Gasteiger partial charge on any atom is 0.416 e. The van der Waals surface area contributed by atoms with Crippen molar-refractivity contribution in [3.8, 4) is 10.6 Å². The topological polar surface area (TPSA) is 33.2 Å². The fourth-order valence-electron chi connectivity index (χ4n) is 3.71. The van der Waals surface area contributed by atoms with Crippen molar-refractivity contribution in [3.05, 3.63) is 76.3 Å². The van der Waals surface area contributed by atoms with E-state index in [1.165, 1.54) is 34.6 Å². The number of halogens is 3. The fraction of sp³-hybridized carbons (Fsp3) is 0.273. The van der Waals surface area contributed by atoms with Crippen LogP contribution in [-0.2, 0) is 23.8 Å². The Morgan fingerprint density at radius 2 is 1.90 bits per heavy atom. The molecule has 0 saturated carbocycles.